The highest BCUT2D eigenvalue weighted by Gasteiger charge is 2.06. The predicted octanol–water partition coefficient (Wildman–Crippen LogP) is 1.82. The Morgan fingerprint density at radius 1 is 1.77 bits per heavy atom. The van der Waals surface area contributed by atoms with E-state index in [0.717, 1.165) is 11.3 Å². The van der Waals surface area contributed by atoms with Crippen molar-refractivity contribution in [2.24, 2.45) is 0 Å². The van der Waals surface area contributed by atoms with Gasteiger partial charge in [0.15, 0.2) is 0 Å². The summed E-state index contributed by atoms with van der Waals surface area (Å²) in [6.45, 7) is 0. The minimum Gasteiger partial charge on any atom is -0.476 e. The van der Waals surface area contributed by atoms with E-state index in [4.69, 9.17) is 16.7 Å². The Morgan fingerprint density at radius 3 is 3.08 bits per heavy atom. The predicted molar refractivity (Wildman–Crippen MR) is 51.3 cm³/mol. The molecule has 0 unspecified atom stereocenters. The number of rotatable bonds is 2. The quantitative estimate of drug-likeness (QED) is 0.605. The van der Waals surface area contributed by atoms with Gasteiger partial charge < -0.3 is 5.11 Å². The van der Waals surface area contributed by atoms with Crippen LogP contribution in [0.1, 0.15) is 21.9 Å². The van der Waals surface area contributed by atoms with E-state index in [1.165, 1.54) is 0 Å². The van der Waals surface area contributed by atoms with Gasteiger partial charge in [-0.25, -0.2) is 9.78 Å². The number of carbonyl (C=O) groups is 1. The van der Waals surface area contributed by atoms with Crippen molar-refractivity contribution in [2.75, 3.05) is 5.88 Å². The van der Waals surface area contributed by atoms with Gasteiger partial charge in [0.2, 0.25) is 5.01 Å². The first kappa shape index (κ1) is 10.0. The molecule has 0 aliphatic heterocycles. The summed E-state index contributed by atoms with van der Waals surface area (Å²) >= 11 is 6.48. The topological polar surface area (TPSA) is 50.2 Å². The van der Waals surface area contributed by atoms with Crippen molar-refractivity contribution >= 4 is 28.9 Å². The molecule has 1 heterocycles. The number of nitrogens with zero attached hydrogens (tertiary/aromatic N) is 1. The molecule has 1 rings (SSSR count). The average Bonchev–Trinajstić information content (AvgIpc) is 2.53. The first-order valence-electron chi connectivity index (χ1n) is 3.47. The standard InChI is InChI=1S/C8H6ClNO2S/c9-4-2-1-3-6-5-13-7(10-6)8(11)12/h5H,2,4H2,(H,11,12). The van der Waals surface area contributed by atoms with E-state index >= 15 is 0 Å². The van der Waals surface area contributed by atoms with Gasteiger partial charge in [-0.2, -0.15) is 0 Å². The third kappa shape index (κ3) is 3.05. The molecule has 0 aliphatic carbocycles. The van der Waals surface area contributed by atoms with Crippen LogP contribution in [0.5, 0.6) is 0 Å². The van der Waals surface area contributed by atoms with Gasteiger partial charge in [-0.1, -0.05) is 5.92 Å². The van der Waals surface area contributed by atoms with Crippen molar-refractivity contribution in [3.05, 3.63) is 16.1 Å². The lowest BCUT2D eigenvalue weighted by molar-refractivity contribution is 0.0696. The molecule has 0 radical (unpaired) electrons. The van der Waals surface area contributed by atoms with Crippen molar-refractivity contribution in [2.45, 2.75) is 6.42 Å². The molecule has 68 valence electrons. The highest BCUT2D eigenvalue weighted by Crippen LogP contribution is 2.08. The Balaban J connectivity index is 2.71. The number of thiazole rings is 1. The van der Waals surface area contributed by atoms with E-state index in [1.54, 1.807) is 5.38 Å². The van der Waals surface area contributed by atoms with Crippen LogP contribution >= 0.6 is 22.9 Å². The number of carboxylic acids is 1. The number of halogens is 1. The van der Waals surface area contributed by atoms with Crippen LogP contribution in [0.4, 0.5) is 0 Å². The van der Waals surface area contributed by atoms with Crippen LogP contribution in [0.3, 0.4) is 0 Å². The molecule has 0 bridgehead atoms. The average molecular weight is 216 g/mol. The molecule has 3 nitrogen and oxygen atoms in total. The molecular weight excluding hydrogens is 210 g/mol. The molecule has 0 amide bonds. The zero-order valence-corrected chi connectivity index (χ0v) is 8.15. The van der Waals surface area contributed by atoms with Crippen LogP contribution in [0, 0.1) is 11.8 Å². The molecule has 0 aromatic carbocycles. The third-order valence-corrected chi connectivity index (χ3v) is 2.14. The maximum Gasteiger partial charge on any atom is 0.365 e. The Kier molecular flexibility index (Phi) is 3.74. The highest BCUT2D eigenvalue weighted by atomic mass is 35.5. The molecule has 5 heteroatoms. The minimum absolute atomic E-state index is 0.0650. The maximum absolute atomic E-state index is 10.4. The lowest BCUT2D eigenvalue weighted by atomic mass is 10.4. The fourth-order valence-electron chi connectivity index (χ4n) is 0.630. The van der Waals surface area contributed by atoms with Crippen LogP contribution in [0.15, 0.2) is 5.38 Å². The zero-order chi connectivity index (χ0) is 9.68. The van der Waals surface area contributed by atoms with E-state index < -0.39 is 5.97 Å². The molecule has 0 saturated carbocycles. The first-order chi connectivity index (χ1) is 6.24. The zero-order valence-electron chi connectivity index (χ0n) is 6.58. The van der Waals surface area contributed by atoms with Crippen molar-refractivity contribution in [1.82, 2.24) is 4.98 Å². The molecule has 13 heavy (non-hydrogen) atoms. The Hall–Kier alpha value is -1.05. The Bertz CT molecular complexity index is 364. The van der Waals surface area contributed by atoms with E-state index in [1.807, 2.05) is 0 Å². The van der Waals surface area contributed by atoms with Crippen LogP contribution in [0.2, 0.25) is 0 Å². The number of alkyl halides is 1. The van der Waals surface area contributed by atoms with E-state index in [9.17, 15) is 4.79 Å². The van der Waals surface area contributed by atoms with Crippen LogP contribution < -0.4 is 0 Å². The van der Waals surface area contributed by atoms with Gasteiger partial charge in [-0.15, -0.1) is 22.9 Å². The SMILES string of the molecule is O=C(O)c1nc(C#CCCCl)cs1. The van der Waals surface area contributed by atoms with Crippen molar-refractivity contribution in [3.63, 3.8) is 0 Å². The van der Waals surface area contributed by atoms with Gasteiger partial charge in [0.1, 0.15) is 5.69 Å². The van der Waals surface area contributed by atoms with Gasteiger partial charge in [-0.3, -0.25) is 0 Å². The van der Waals surface area contributed by atoms with E-state index in [-0.39, 0.29) is 5.01 Å². The van der Waals surface area contributed by atoms with Gasteiger partial charge in [-0.05, 0) is 5.92 Å². The van der Waals surface area contributed by atoms with Gasteiger partial charge >= 0.3 is 5.97 Å². The molecular formula is C8H6ClNO2S. The highest BCUT2D eigenvalue weighted by molar-refractivity contribution is 7.11. The molecule has 1 N–H and O–H groups in total. The van der Waals surface area contributed by atoms with Crippen molar-refractivity contribution < 1.29 is 9.90 Å². The Labute approximate surface area is 84.4 Å². The number of aromatic carboxylic acids is 1. The second kappa shape index (κ2) is 4.85. The van der Waals surface area contributed by atoms with Crippen LogP contribution in [0.25, 0.3) is 0 Å². The molecule has 0 spiro atoms. The van der Waals surface area contributed by atoms with E-state index in [2.05, 4.69) is 16.8 Å². The number of aromatic nitrogens is 1. The van der Waals surface area contributed by atoms with Gasteiger partial charge in [0.05, 0.1) is 0 Å². The third-order valence-electron chi connectivity index (χ3n) is 1.12. The molecule has 1 aromatic heterocycles. The van der Waals surface area contributed by atoms with E-state index in [0.29, 0.717) is 18.0 Å². The molecule has 0 fully saturated rings. The van der Waals surface area contributed by atoms with Crippen LogP contribution in [-0.4, -0.2) is 21.9 Å². The fourth-order valence-corrected chi connectivity index (χ4v) is 1.31. The summed E-state index contributed by atoms with van der Waals surface area (Å²) in [6, 6.07) is 0. The summed E-state index contributed by atoms with van der Waals surface area (Å²) < 4.78 is 0. The lowest BCUT2D eigenvalue weighted by Crippen LogP contribution is -1.94. The monoisotopic (exact) mass is 215 g/mol. The summed E-state index contributed by atoms with van der Waals surface area (Å²) in [4.78, 5) is 14.2. The largest absolute Gasteiger partial charge is 0.476 e. The normalized spacial score (nSPS) is 9.00. The van der Waals surface area contributed by atoms with Gasteiger partial charge in [0.25, 0.3) is 0 Å². The maximum atomic E-state index is 10.4. The summed E-state index contributed by atoms with van der Waals surface area (Å²) in [5.41, 5.74) is 0.493. The second-order valence-electron chi connectivity index (χ2n) is 2.08. The molecule has 0 atom stereocenters. The smallest absolute Gasteiger partial charge is 0.365 e. The number of carboxylic acid groups (broad SMARTS) is 1. The summed E-state index contributed by atoms with van der Waals surface area (Å²) in [6.07, 6.45) is 0.585. The van der Waals surface area contributed by atoms with Crippen molar-refractivity contribution in [1.29, 1.82) is 0 Å². The first-order valence-corrected chi connectivity index (χ1v) is 4.89. The lowest BCUT2D eigenvalue weighted by Gasteiger charge is -1.80. The Morgan fingerprint density at radius 2 is 2.54 bits per heavy atom. The fraction of sp³-hybridized carbons (Fsp3) is 0.250. The molecule has 1 aromatic rings. The minimum atomic E-state index is -1.02. The van der Waals surface area contributed by atoms with Crippen LogP contribution in [-0.2, 0) is 0 Å². The molecule has 0 saturated heterocycles. The summed E-state index contributed by atoms with van der Waals surface area (Å²) in [5, 5.41) is 10.2. The van der Waals surface area contributed by atoms with Crippen molar-refractivity contribution in [3.8, 4) is 11.8 Å². The summed E-state index contributed by atoms with van der Waals surface area (Å²) in [7, 11) is 0. The second-order valence-corrected chi connectivity index (χ2v) is 3.32. The number of hydrogen-bond donors (Lipinski definition) is 1. The summed E-state index contributed by atoms with van der Waals surface area (Å²) in [5.74, 6) is 4.95. The molecule has 0 aliphatic rings. The number of hydrogen-bond acceptors (Lipinski definition) is 3. The van der Waals surface area contributed by atoms with Gasteiger partial charge in [0, 0.05) is 17.7 Å².